The Morgan fingerprint density at radius 2 is 1.97 bits per heavy atom. The molecule has 10 heteroatoms. The lowest BCUT2D eigenvalue weighted by molar-refractivity contribution is 0.0587. The number of aromatic nitrogens is 1. The molecular weight excluding hydrogens is 490 g/mol. The number of nitrogens with one attached hydrogen (secondary N) is 1. The zero-order chi connectivity index (χ0) is 24.9. The van der Waals surface area contributed by atoms with Gasteiger partial charge >= 0.3 is 0 Å². The van der Waals surface area contributed by atoms with Crippen molar-refractivity contribution in [3.8, 4) is 0 Å². The fraction of sp³-hybridized carbons (Fsp3) is 0.520. The number of hydrogen-bond donors (Lipinski definition) is 2. The first-order valence-electron chi connectivity index (χ1n) is 12.2. The Bertz CT molecular complexity index is 1030. The van der Waals surface area contributed by atoms with E-state index in [2.05, 4.69) is 32.0 Å². The molecule has 2 aliphatic heterocycles. The van der Waals surface area contributed by atoms with Gasteiger partial charge in [0, 0.05) is 55.0 Å². The number of likely N-dealkylation sites (tertiary alicyclic amines) is 1. The second-order valence-electron chi connectivity index (χ2n) is 9.37. The highest BCUT2D eigenvalue weighted by Gasteiger charge is 2.34. The molecule has 1 aromatic carbocycles. The normalized spacial score (nSPS) is 20.3. The molecule has 0 aliphatic carbocycles. The largest absolute Gasteiger partial charge is 0.353 e. The summed E-state index contributed by atoms with van der Waals surface area (Å²) in [6, 6.07) is 7.47. The highest BCUT2D eigenvalue weighted by Crippen LogP contribution is 2.30. The summed E-state index contributed by atoms with van der Waals surface area (Å²) in [5.74, 6) is 5.28. The first kappa shape index (κ1) is 26.1. The number of piperazine rings is 1. The van der Waals surface area contributed by atoms with Gasteiger partial charge in [0.2, 0.25) is 0 Å². The summed E-state index contributed by atoms with van der Waals surface area (Å²) in [6.45, 7) is 7.33. The maximum absolute atomic E-state index is 14.2. The van der Waals surface area contributed by atoms with Crippen molar-refractivity contribution in [2.24, 2.45) is 5.84 Å². The van der Waals surface area contributed by atoms with Crippen LogP contribution in [0.15, 0.2) is 30.5 Å². The van der Waals surface area contributed by atoms with Crippen LogP contribution in [0.5, 0.6) is 0 Å². The predicted molar refractivity (Wildman–Crippen MR) is 138 cm³/mol. The van der Waals surface area contributed by atoms with Crippen molar-refractivity contribution in [2.75, 3.05) is 37.6 Å². The van der Waals surface area contributed by atoms with Crippen LogP contribution in [0.1, 0.15) is 48.5 Å². The minimum absolute atomic E-state index is 0.234. The first-order chi connectivity index (χ1) is 16.9. The number of amides is 1. The molecule has 0 radical (unpaired) electrons. The first-order valence-corrected chi connectivity index (χ1v) is 13.0. The van der Waals surface area contributed by atoms with E-state index in [4.69, 9.17) is 29.0 Å². The van der Waals surface area contributed by atoms with Crippen molar-refractivity contribution in [1.82, 2.24) is 20.2 Å². The molecule has 1 amide bonds. The van der Waals surface area contributed by atoms with Crippen molar-refractivity contribution < 1.29 is 9.18 Å². The number of piperidine rings is 1. The van der Waals surface area contributed by atoms with Crippen LogP contribution < -0.4 is 16.2 Å². The molecule has 2 aliphatic rings. The lowest BCUT2D eigenvalue weighted by atomic mass is 9.97. The molecule has 1 aromatic heterocycles. The Hall–Kier alpha value is -1.97. The van der Waals surface area contributed by atoms with Crippen LogP contribution >= 0.6 is 23.2 Å². The number of hydrazine groups is 1. The predicted octanol–water partition coefficient (Wildman–Crippen LogP) is 4.09. The summed E-state index contributed by atoms with van der Waals surface area (Å²) < 4.78 is 14.2. The Balaban J connectivity index is 1.37. The Morgan fingerprint density at radius 3 is 2.63 bits per heavy atom. The summed E-state index contributed by atoms with van der Waals surface area (Å²) in [6.07, 6.45) is 5.84. The third-order valence-corrected chi connectivity index (χ3v) is 7.61. The Kier molecular flexibility index (Phi) is 8.83. The van der Waals surface area contributed by atoms with E-state index in [1.807, 2.05) is 0 Å². The van der Waals surface area contributed by atoms with Gasteiger partial charge in [0.1, 0.15) is 11.6 Å². The van der Waals surface area contributed by atoms with E-state index in [1.54, 1.807) is 18.2 Å². The number of pyridine rings is 1. The minimum Gasteiger partial charge on any atom is -0.353 e. The van der Waals surface area contributed by atoms with Crippen molar-refractivity contribution in [1.29, 1.82) is 0 Å². The van der Waals surface area contributed by atoms with Gasteiger partial charge in [0.25, 0.3) is 5.91 Å². The minimum atomic E-state index is -0.412. The van der Waals surface area contributed by atoms with Crippen LogP contribution in [-0.4, -0.2) is 65.5 Å². The monoisotopic (exact) mass is 522 g/mol. The van der Waals surface area contributed by atoms with Gasteiger partial charge in [0.05, 0.1) is 10.6 Å². The van der Waals surface area contributed by atoms with Crippen LogP contribution in [0.25, 0.3) is 0 Å². The maximum atomic E-state index is 14.2. The van der Waals surface area contributed by atoms with Gasteiger partial charge in [-0.3, -0.25) is 20.0 Å². The second kappa shape index (κ2) is 11.8. The van der Waals surface area contributed by atoms with Crippen molar-refractivity contribution in [3.63, 3.8) is 0 Å². The zero-order valence-corrected chi connectivity index (χ0v) is 21.5. The number of nitrogen functional groups attached to an aromatic ring is 1. The van der Waals surface area contributed by atoms with Gasteiger partial charge < -0.3 is 4.90 Å². The molecule has 190 valence electrons. The van der Waals surface area contributed by atoms with Crippen molar-refractivity contribution in [3.05, 3.63) is 57.5 Å². The average molecular weight is 523 g/mol. The standard InChI is InChI=1S/C25H33Cl2FN6O/c1-2-3-21-16-33(24-22(27)12-18(14-30-24)25(35)31-29)10-11-34(21)20-6-8-32(9-7-20)15-17-4-5-19(26)13-23(17)28/h4-5,12-14,20-21H,2-3,6-11,15-16,29H2,1H3,(H,31,35)/t21-/m0/s1. The van der Waals surface area contributed by atoms with E-state index in [1.165, 1.54) is 12.3 Å². The molecule has 4 rings (SSSR count). The molecule has 0 bridgehead atoms. The van der Waals surface area contributed by atoms with Crippen molar-refractivity contribution in [2.45, 2.75) is 51.2 Å². The van der Waals surface area contributed by atoms with E-state index < -0.39 is 5.91 Å². The fourth-order valence-electron chi connectivity index (χ4n) is 5.30. The van der Waals surface area contributed by atoms with Crippen LogP contribution in [0.3, 0.4) is 0 Å². The summed E-state index contributed by atoms with van der Waals surface area (Å²) in [5.41, 5.74) is 3.15. The number of benzene rings is 1. The number of nitrogens with two attached hydrogens (primary N) is 1. The number of nitrogens with zero attached hydrogens (tertiary/aromatic N) is 4. The van der Waals surface area contributed by atoms with E-state index in [0.29, 0.717) is 45.6 Å². The van der Waals surface area contributed by atoms with Gasteiger partial charge in [-0.25, -0.2) is 15.2 Å². The summed E-state index contributed by atoms with van der Waals surface area (Å²) in [4.78, 5) is 23.5. The van der Waals surface area contributed by atoms with Crippen LogP contribution in [0.4, 0.5) is 10.2 Å². The molecule has 0 saturated carbocycles. The molecule has 2 fully saturated rings. The molecule has 1 atom stereocenters. The van der Waals surface area contributed by atoms with E-state index in [-0.39, 0.29) is 5.82 Å². The SMILES string of the molecule is CCC[C@H]1CN(c2ncc(C(=O)NN)cc2Cl)CCN1C1CCN(Cc2ccc(Cl)cc2F)CC1. The molecular formula is C25H33Cl2FN6O. The molecule has 2 saturated heterocycles. The van der Waals surface area contributed by atoms with Crippen LogP contribution in [0.2, 0.25) is 10.0 Å². The lowest BCUT2D eigenvalue weighted by Gasteiger charge is -2.48. The van der Waals surface area contributed by atoms with Crippen LogP contribution in [-0.2, 0) is 6.54 Å². The number of halogens is 3. The number of anilines is 1. The number of hydrogen-bond acceptors (Lipinski definition) is 6. The fourth-order valence-corrected chi connectivity index (χ4v) is 5.75. The highest BCUT2D eigenvalue weighted by atomic mass is 35.5. The third kappa shape index (κ3) is 6.24. The summed E-state index contributed by atoms with van der Waals surface area (Å²) in [5, 5.41) is 0.886. The Labute approximate surface area is 216 Å². The number of carbonyl (C=O) groups is 1. The number of rotatable bonds is 7. The van der Waals surface area contributed by atoms with Gasteiger partial charge in [-0.2, -0.15) is 0 Å². The molecule has 7 nitrogen and oxygen atoms in total. The third-order valence-electron chi connectivity index (χ3n) is 7.10. The quantitative estimate of drug-likeness (QED) is 0.324. The van der Waals surface area contributed by atoms with E-state index in [0.717, 1.165) is 58.4 Å². The lowest BCUT2D eigenvalue weighted by Crippen LogP contribution is -2.58. The smallest absolute Gasteiger partial charge is 0.266 e. The Morgan fingerprint density at radius 1 is 1.20 bits per heavy atom. The van der Waals surface area contributed by atoms with Gasteiger partial charge in [-0.05, 0) is 50.6 Å². The van der Waals surface area contributed by atoms with Crippen molar-refractivity contribution >= 4 is 34.9 Å². The van der Waals surface area contributed by atoms with Gasteiger partial charge in [-0.1, -0.05) is 42.6 Å². The van der Waals surface area contributed by atoms with E-state index >= 15 is 0 Å². The molecule has 3 heterocycles. The topological polar surface area (TPSA) is 77.7 Å². The van der Waals surface area contributed by atoms with Gasteiger partial charge in [-0.15, -0.1) is 0 Å². The molecule has 0 spiro atoms. The second-order valence-corrected chi connectivity index (χ2v) is 10.2. The molecule has 35 heavy (non-hydrogen) atoms. The molecule has 0 unspecified atom stereocenters. The van der Waals surface area contributed by atoms with Gasteiger partial charge in [0.15, 0.2) is 0 Å². The summed E-state index contributed by atoms with van der Waals surface area (Å²) >= 11 is 12.4. The molecule has 3 N–H and O–H groups in total. The highest BCUT2D eigenvalue weighted by molar-refractivity contribution is 6.33. The van der Waals surface area contributed by atoms with Crippen LogP contribution in [0, 0.1) is 5.82 Å². The summed E-state index contributed by atoms with van der Waals surface area (Å²) in [7, 11) is 0. The maximum Gasteiger partial charge on any atom is 0.266 e. The van der Waals surface area contributed by atoms with E-state index in [9.17, 15) is 9.18 Å². The zero-order valence-electron chi connectivity index (χ0n) is 20.0. The average Bonchev–Trinajstić information content (AvgIpc) is 2.86. The number of carbonyl (C=O) groups excluding carboxylic acids is 1. The molecule has 2 aromatic rings.